The van der Waals surface area contributed by atoms with E-state index in [0.717, 1.165) is 0 Å². The molecule has 6 bridgehead atoms. The van der Waals surface area contributed by atoms with Crippen LogP contribution in [-0.4, -0.2) is 86.7 Å². The molecule has 0 aromatic rings. The predicted molar refractivity (Wildman–Crippen MR) is 196 cm³/mol. The van der Waals surface area contributed by atoms with Crippen LogP contribution >= 0.6 is 0 Å². The Morgan fingerprint density at radius 2 is 0.529 bits per heavy atom. The van der Waals surface area contributed by atoms with Crippen molar-refractivity contribution >= 4 is 17.3 Å². The molecule has 28 heteroatoms. The molecule has 6 atom stereocenters. The van der Waals surface area contributed by atoms with E-state index in [2.05, 4.69) is 0 Å². The first kappa shape index (κ1) is 62.0. The van der Waals surface area contributed by atoms with Crippen LogP contribution in [0.5, 0.6) is 0 Å². The van der Waals surface area contributed by atoms with E-state index in [1.807, 2.05) is 0 Å². The Bertz CT molecular complexity index is 2020. The Morgan fingerprint density at radius 3 is 0.643 bits per heavy atom. The maximum absolute atomic E-state index is 13.7. The number of allylic oxidation sites excluding steroid dienone is 6. The number of rotatable bonds is 6. The molecule has 6 aliphatic rings. The van der Waals surface area contributed by atoms with E-state index in [0.29, 0.717) is 19.3 Å². The number of halogens is 21. The number of Topliss-reactive ketones (excluding diaryl/α,β-unsaturated/α-hetero) is 3. The van der Waals surface area contributed by atoms with Gasteiger partial charge in [-0.25, -0.2) is 0 Å². The quantitative estimate of drug-likeness (QED) is 0.139. The van der Waals surface area contributed by atoms with Gasteiger partial charge in [-0.2, -0.15) is 92.2 Å². The zero-order valence-corrected chi connectivity index (χ0v) is 40.3. The van der Waals surface area contributed by atoms with Gasteiger partial charge in [0.15, 0.2) is 34.6 Å². The molecule has 6 rings (SSSR count). The number of aliphatic hydroxyl groups is 3. The number of hydrogen-bond acceptors (Lipinski definition) is 6. The van der Waals surface area contributed by atoms with Crippen LogP contribution in [-0.2, 0) is 14.4 Å². The Kier molecular flexibility index (Phi) is 15.2. The van der Waals surface area contributed by atoms with Gasteiger partial charge in [0.1, 0.15) is 0 Å². The largest absolute Gasteiger partial charge is 0.506 e. The second-order valence-electron chi connectivity index (χ2n) is 20.6. The fraction of sp³-hybridized carbons (Fsp3) is 0.786. The number of ketones is 3. The Labute approximate surface area is 425 Å². The minimum absolute atomic E-state index is 0. The van der Waals surface area contributed by atoms with E-state index < -0.39 is 156 Å². The van der Waals surface area contributed by atoms with E-state index in [4.69, 9.17) is 0 Å². The van der Waals surface area contributed by atoms with Crippen molar-refractivity contribution in [2.45, 2.75) is 155 Å². The molecule has 0 saturated heterocycles. The molecule has 3 N–H and O–H groups in total. The van der Waals surface area contributed by atoms with Crippen molar-refractivity contribution in [1.29, 1.82) is 0 Å². The van der Waals surface area contributed by atoms with Gasteiger partial charge in [0.25, 0.3) is 0 Å². The zero-order valence-electron chi connectivity index (χ0n) is 37.9. The summed E-state index contributed by atoms with van der Waals surface area (Å²) in [4.78, 5) is 36.9. The van der Waals surface area contributed by atoms with E-state index >= 15 is 0 Å². The molecule has 0 aromatic heterocycles. The molecule has 1 radical (unpaired) electrons. The van der Waals surface area contributed by atoms with Crippen LogP contribution in [0.15, 0.2) is 34.0 Å². The van der Waals surface area contributed by atoms with Crippen molar-refractivity contribution in [2.75, 3.05) is 0 Å². The maximum atomic E-state index is 13.7. The summed E-state index contributed by atoms with van der Waals surface area (Å²) in [6.45, 7) is 13.6. The van der Waals surface area contributed by atoms with Crippen LogP contribution in [0.1, 0.15) is 101 Å². The molecule has 6 aliphatic carbocycles. The van der Waals surface area contributed by atoms with Crippen LogP contribution in [0.4, 0.5) is 92.2 Å². The average molecular weight is 1200 g/mol. The van der Waals surface area contributed by atoms with Crippen molar-refractivity contribution < 1.29 is 171 Å². The van der Waals surface area contributed by atoms with Crippen molar-refractivity contribution in [1.82, 2.24) is 0 Å². The van der Waals surface area contributed by atoms with Gasteiger partial charge >= 0.3 is 54.1 Å². The molecule has 0 heterocycles. The van der Waals surface area contributed by atoms with Gasteiger partial charge in [-0.1, -0.05) is 62.3 Å². The van der Waals surface area contributed by atoms with Gasteiger partial charge in [0.05, 0.1) is 0 Å². The first-order chi connectivity index (χ1) is 30.1. The number of fused-ring (bicyclic) bond motifs is 6. The minimum Gasteiger partial charge on any atom is -0.506 e. The van der Waals surface area contributed by atoms with Gasteiger partial charge < -0.3 is 15.3 Å². The summed E-state index contributed by atoms with van der Waals surface area (Å²) < 4.78 is 271. The van der Waals surface area contributed by atoms with Crippen LogP contribution in [0.25, 0.3) is 0 Å². The molecule has 4 unspecified atom stereocenters. The molecule has 6 fully saturated rings. The molecule has 0 amide bonds. The molecular formula is C42H45EuF21O6. The summed E-state index contributed by atoms with van der Waals surface area (Å²) in [6.07, 6.45) is -18.3. The van der Waals surface area contributed by atoms with Crippen molar-refractivity contribution in [2.24, 2.45) is 50.2 Å². The maximum Gasteiger partial charge on any atom is 0.460 e. The molecule has 0 aromatic carbocycles. The molecule has 0 spiro atoms. The Hall–Kier alpha value is -2.26. The second kappa shape index (κ2) is 17.1. The normalized spacial score (nSPS) is 32.8. The smallest absolute Gasteiger partial charge is 0.460 e. The van der Waals surface area contributed by atoms with Crippen molar-refractivity contribution in [3.63, 3.8) is 0 Å². The van der Waals surface area contributed by atoms with E-state index in [1.54, 1.807) is 41.5 Å². The summed E-state index contributed by atoms with van der Waals surface area (Å²) in [6, 6.07) is 0. The zero-order chi connectivity index (χ0) is 54.7. The number of hydrogen-bond donors (Lipinski definition) is 3. The van der Waals surface area contributed by atoms with Gasteiger partial charge in [-0.05, 0) is 72.5 Å². The third kappa shape index (κ3) is 7.90. The predicted octanol–water partition coefficient (Wildman–Crippen LogP) is 14.0. The number of aliphatic hydroxyl groups excluding tert-OH is 3. The van der Waals surface area contributed by atoms with Gasteiger partial charge in [0.2, 0.25) is 0 Å². The minimum atomic E-state index is -6.56. The van der Waals surface area contributed by atoms with Crippen molar-refractivity contribution in [3.8, 4) is 0 Å². The first-order valence-corrected chi connectivity index (χ1v) is 20.5. The molecule has 70 heavy (non-hydrogen) atoms. The molecule has 403 valence electrons. The van der Waals surface area contributed by atoms with Gasteiger partial charge in [-0.15, -0.1) is 0 Å². The molecule has 6 saturated carbocycles. The van der Waals surface area contributed by atoms with Crippen molar-refractivity contribution in [3.05, 3.63) is 34.0 Å². The summed E-state index contributed by atoms with van der Waals surface area (Å²) in [7, 11) is 0. The summed E-state index contributed by atoms with van der Waals surface area (Å²) in [5.74, 6) is -50.5. The van der Waals surface area contributed by atoms with E-state index in [9.17, 15) is 122 Å². The fourth-order valence-corrected chi connectivity index (χ4v) is 10.9. The van der Waals surface area contributed by atoms with Crippen LogP contribution < -0.4 is 0 Å². The van der Waals surface area contributed by atoms with Crippen LogP contribution in [0, 0.1) is 99.6 Å². The molecule has 6 nitrogen and oxygen atoms in total. The van der Waals surface area contributed by atoms with Gasteiger partial charge in [0, 0.05) is 82.3 Å². The SMILES string of the molecule is CC1(C)C2CC[C@@]1(C)C(=O)/C2=C(/O)C(F)(F)C(F)(F)C(F)(F)F.CC1(C)C2CC[C@@]1(C)C(=O)/C2=C(\O)C(F)(F)C(F)(F)C(F)(F)F.CC12CCC(/C(=C(\O)C(F)(F)C(F)(F)C(F)(F)F)C1=O)C2(C)C.[Eu]. The first-order valence-electron chi connectivity index (χ1n) is 20.5. The van der Waals surface area contributed by atoms with Gasteiger partial charge in [-0.3, -0.25) is 14.4 Å². The topological polar surface area (TPSA) is 112 Å². The summed E-state index contributed by atoms with van der Waals surface area (Å²) in [5, 5.41) is 28.6. The van der Waals surface area contributed by atoms with E-state index in [1.165, 1.54) is 20.8 Å². The summed E-state index contributed by atoms with van der Waals surface area (Å²) in [5.41, 5.74) is -9.29. The third-order valence-corrected chi connectivity index (χ3v) is 16.9. The average Bonchev–Trinajstić information content (AvgIpc) is 3.79. The standard InChI is InChI=1S/3C14H15F7O2.Eu/c3*1-10(2)6-4-5-11(10,3)8(22)7(6)9(23)12(15,16)13(17,18)14(19,20)21;/h3*6,23H,4-5H2,1-3H3;/b2*9-7+;9-7-;/t6?,11-;;6?,11-;/m0.0./s1. The molecular weight excluding hydrogens is 1150 g/mol. The Balaban J connectivity index is 0.000000276. The summed E-state index contributed by atoms with van der Waals surface area (Å²) >= 11 is 0. The number of alkyl halides is 21. The number of carbonyl (C=O) groups is 3. The monoisotopic (exact) mass is 1200 g/mol. The van der Waals surface area contributed by atoms with E-state index in [-0.39, 0.29) is 68.6 Å². The third-order valence-electron chi connectivity index (χ3n) is 16.9. The number of carbonyl (C=O) groups excluding carboxylic acids is 3. The second-order valence-corrected chi connectivity index (χ2v) is 20.6. The van der Waals surface area contributed by atoms with Crippen LogP contribution in [0.3, 0.4) is 0 Å². The Morgan fingerprint density at radius 1 is 0.371 bits per heavy atom. The molecule has 0 aliphatic heterocycles. The fourth-order valence-electron chi connectivity index (χ4n) is 10.9. The van der Waals surface area contributed by atoms with Crippen LogP contribution in [0.2, 0.25) is 0 Å².